The van der Waals surface area contributed by atoms with Crippen molar-refractivity contribution in [2.45, 2.75) is 33.6 Å². The zero-order valence-electron chi connectivity index (χ0n) is 15.1. The quantitative estimate of drug-likeness (QED) is 0.514. The number of Topliss-reactive ketones (excluding diaryl/α,β-unsaturated/α-hetero) is 1. The van der Waals surface area contributed by atoms with E-state index in [2.05, 4.69) is 16.2 Å². The first-order chi connectivity index (χ1) is 12.4. The molecule has 0 aliphatic carbocycles. The maximum absolute atomic E-state index is 11.9. The van der Waals surface area contributed by atoms with E-state index in [1.54, 1.807) is 12.1 Å². The van der Waals surface area contributed by atoms with Crippen molar-refractivity contribution < 1.29 is 14.4 Å². The molecule has 3 N–H and O–H groups in total. The van der Waals surface area contributed by atoms with Gasteiger partial charge in [0.15, 0.2) is 5.78 Å². The molecule has 1 heterocycles. The number of hydrogen-bond donors (Lipinski definition) is 3. The third-order valence-electron chi connectivity index (χ3n) is 3.82. The number of benzene rings is 1. The summed E-state index contributed by atoms with van der Waals surface area (Å²) in [5.74, 6) is -0.832. The number of hydrazine groups is 1. The smallest absolute Gasteiger partial charge is 0.257 e. The molecule has 0 saturated heterocycles. The van der Waals surface area contributed by atoms with Crippen molar-refractivity contribution in [2.75, 3.05) is 11.9 Å². The predicted molar refractivity (Wildman–Crippen MR) is 103 cm³/mol. The number of ketones is 1. The van der Waals surface area contributed by atoms with E-state index in [4.69, 9.17) is 0 Å². The first-order valence-electron chi connectivity index (χ1n) is 8.33. The first-order valence-corrected chi connectivity index (χ1v) is 9.21. The van der Waals surface area contributed by atoms with E-state index in [1.807, 2.05) is 38.3 Å². The van der Waals surface area contributed by atoms with Gasteiger partial charge in [-0.15, -0.1) is 11.3 Å². The molecule has 0 unspecified atom stereocenters. The van der Waals surface area contributed by atoms with Crippen molar-refractivity contribution in [3.8, 4) is 0 Å². The number of hydrogen-bond acceptors (Lipinski definition) is 5. The van der Waals surface area contributed by atoms with E-state index in [0.717, 1.165) is 16.8 Å². The van der Waals surface area contributed by atoms with Gasteiger partial charge in [0.2, 0.25) is 5.91 Å². The fourth-order valence-electron chi connectivity index (χ4n) is 2.66. The van der Waals surface area contributed by atoms with Crippen LogP contribution in [0.5, 0.6) is 0 Å². The van der Waals surface area contributed by atoms with Gasteiger partial charge in [-0.25, -0.2) is 0 Å². The van der Waals surface area contributed by atoms with Crippen LogP contribution in [0.3, 0.4) is 0 Å². The highest BCUT2D eigenvalue weighted by atomic mass is 32.1. The normalized spacial score (nSPS) is 10.3. The Morgan fingerprint density at radius 1 is 0.962 bits per heavy atom. The van der Waals surface area contributed by atoms with Crippen LogP contribution >= 0.6 is 11.3 Å². The van der Waals surface area contributed by atoms with Gasteiger partial charge < -0.3 is 5.32 Å². The van der Waals surface area contributed by atoms with Crippen LogP contribution in [-0.4, -0.2) is 24.1 Å². The molecule has 1 aromatic heterocycles. The first kappa shape index (κ1) is 19.7. The minimum atomic E-state index is -0.397. The molecule has 2 amide bonds. The van der Waals surface area contributed by atoms with Gasteiger partial charge in [-0.1, -0.05) is 23.8 Å². The van der Waals surface area contributed by atoms with E-state index in [-0.39, 0.29) is 31.1 Å². The Morgan fingerprint density at radius 3 is 2.23 bits per heavy atom. The van der Waals surface area contributed by atoms with Gasteiger partial charge >= 0.3 is 0 Å². The fourth-order valence-corrected chi connectivity index (χ4v) is 3.36. The summed E-state index contributed by atoms with van der Waals surface area (Å²) >= 11 is 1.35. The molecule has 0 spiro atoms. The molecular formula is C19H23N3O3S. The number of nitrogens with one attached hydrogen (secondary N) is 3. The van der Waals surface area contributed by atoms with Crippen LogP contribution in [-0.2, 0) is 9.59 Å². The molecule has 0 radical (unpaired) electrons. The molecule has 138 valence electrons. The van der Waals surface area contributed by atoms with Crippen molar-refractivity contribution in [3.05, 3.63) is 51.2 Å². The molecule has 1 aromatic carbocycles. The van der Waals surface area contributed by atoms with Gasteiger partial charge in [0.1, 0.15) is 0 Å². The van der Waals surface area contributed by atoms with Crippen molar-refractivity contribution in [2.24, 2.45) is 0 Å². The zero-order chi connectivity index (χ0) is 19.1. The lowest BCUT2D eigenvalue weighted by Gasteiger charge is -2.14. The van der Waals surface area contributed by atoms with E-state index < -0.39 is 5.91 Å². The van der Waals surface area contributed by atoms with Gasteiger partial charge in [-0.2, -0.15) is 0 Å². The van der Waals surface area contributed by atoms with Crippen LogP contribution in [0.25, 0.3) is 0 Å². The Kier molecular flexibility index (Phi) is 6.91. The van der Waals surface area contributed by atoms with Crippen molar-refractivity contribution in [1.82, 2.24) is 10.9 Å². The predicted octanol–water partition coefficient (Wildman–Crippen LogP) is 2.90. The summed E-state index contributed by atoms with van der Waals surface area (Å²) in [5, 5.41) is 4.90. The summed E-state index contributed by atoms with van der Waals surface area (Å²) in [6.07, 6.45) is 0.142. The van der Waals surface area contributed by atoms with Gasteiger partial charge in [0.25, 0.3) is 5.91 Å². The summed E-state index contributed by atoms with van der Waals surface area (Å²) in [5.41, 5.74) is 8.89. The summed E-state index contributed by atoms with van der Waals surface area (Å²) in [7, 11) is 0. The molecule has 6 nitrogen and oxygen atoms in total. The molecule has 2 aromatic rings. The molecule has 0 aliphatic rings. The Bertz CT molecular complexity index is 777. The van der Waals surface area contributed by atoms with Crippen LogP contribution in [0, 0.1) is 20.8 Å². The minimum Gasteiger partial charge on any atom is -0.376 e. The van der Waals surface area contributed by atoms with Crippen LogP contribution in [0.1, 0.15) is 39.2 Å². The highest BCUT2D eigenvalue weighted by Gasteiger charge is 2.11. The van der Waals surface area contributed by atoms with E-state index in [9.17, 15) is 14.4 Å². The summed E-state index contributed by atoms with van der Waals surface area (Å²) in [6.45, 7) is 6.02. The second-order valence-corrected chi connectivity index (χ2v) is 7.07. The average molecular weight is 373 g/mol. The van der Waals surface area contributed by atoms with Gasteiger partial charge in [-0.05, 0) is 43.3 Å². The SMILES string of the molecule is Cc1cc(C)c(NCC(=O)NNC(=O)CCC(=O)c2cccs2)c(C)c1. The molecule has 0 bridgehead atoms. The Morgan fingerprint density at radius 2 is 1.62 bits per heavy atom. The lowest BCUT2D eigenvalue weighted by atomic mass is 10.1. The zero-order valence-corrected chi connectivity index (χ0v) is 16.0. The number of carbonyl (C=O) groups is 3. The number of aryl methyl sites for hydroxylation is 3. The van der Waals surface area contributed by atoms with Gasteiger partial charge in [-0.3, -0.25) is 25.2 Å². The second-order valence-electron chi connectivity index (χ2n) is 6.12. The largest absolute Gasteiger partial charge is 0.376 e. The molecule has 0 aliphatic heterocycles. The third kappa shape index (κ3) is 5.70. The lowest BCUT2D eigenvalue weighted by Crippen LogP contribution is -2.44. The number of thiophene rings is 1. The number of rotatable bonds is 7. The Balaban J connectivity index is 1.71. The monoisotopic (exact) mass is 373 g/mol. The molecule has 0 atom stereocenters. The summed E-state index contributed by atoms with van der Waals surface area (Å²) in [6, 6.07) is 7.61. The number of carbonyl (C=O) groups excluding carboxylic acids is 3. The molecule has 0 fully saturated rings. The van der Waals surface area contributed by atoms with Crippen LogP contribution in [0.4, 0.5) is 5.69 Å². The van der Waals surface area contributed by atoms with Crippen LogP contribution in [0.15, 0.2) is 29.6 Å². The van der Waals surface area contributed by atoms with Crippen molar-refractivity contribution in [3.63, 3.8) is 0 Å². The molecule has 2 rings (SSSR count). The topological polar surface area (TPSA) is 87.3 Å². The Labute approximate surface area is 157 Å². The highest BCUT2D eigenvalue weighted by molar-refractivity contribution is 7.12. The maximum Gasteiger partial charge on any atom is 0.257 e. The maximum atomic E-state index is 11.9. The Hall–Kier alpha value is -2.67. The molecule has 7 heteroatoms. The van der Waals surface area contributed by atoms with Crippen molar-refractivity contribution >= 4 is 34.6 Å². The number of anilines is 1. The molecule has 0 saturated carbocycles. The van der Waals surface area contributed by atoms with Crippen LogP contribution in [0.2, 0.25) is 0 Å². The van der Waals surface area contributed by atoms with Gasteiger partial charge in [0, 0.05) is 18.5 Å². The number of amides is 2. The van der Waals surface area contributed by atoms with Crippen molar-refractivity contribution in [1.29, 1.82) is 0 Å². The van der Waals surface area contributed by atoms with Crippen LogP contribution < -0.4 is 16.2 Å². The van der Waals surface area contributed by atoms with E-state index in [0.29, 0.717) is 4.88 Å². The summed E-state index contributed by atoms with van der Waals surface area (Å²) < 4.78 is 0. The lowest BCUT2D eigenvalue weighted by molar-refractivity contribution is -0.128. The molecular weight excluding hydrogens is 350 g/mol. The van der Waals surface area contributed by atoms with Gasteiger partial charge in [0.05, 0.1) is 11.4 Å². The summed E-state index contributed by atoms with van der Waals surface area (Å²) in [4.78, 5) is 36.1. The third-order valence-corrected chi connectivity index (χ3v) is 4.73. The average Bonchev–Trinajstić information content (AvgIpc) is 3.11. The van der Waals surface area contributed by atoms with E-state index >= 15 is 0 Å². The fraction of sp³-hybridized carbons (Fsp3) is 0.316. The standard InChI is InChI=1S/C19H23N3O3S/c1-12-9-13(2)19(14(3)10-12)20-11-18(25)22-21-17(24)7-6-15(23)16-5-4-8-26-16/h4-5,8-10,20H,6-7,11H2,1-3H3,(H,21,24)(H,22,25). The van der Waals surface area contributed by atoms with E-state index in [1.165, 1.54) is 16.9 Å². The minimum absolute atomic E-state index is 0.0284. The highest BCUT2D eigenvalue weighted by Crippen LogP contribution is 2.21. The second kappa shape index (κ2) is 9.15. The molecule has 26 heavy (non-hydrogen) atoms.